The third kappa shape index (κ3) is 7.03. The van der Waals surface area contributed by atoms with Crippen LogP contribution < -0.4 is 5.73 Å². The number of aliphatic hydroxyl groups excluding tert-OH is 3. The topological polar surface area (TPSA) is 318 Å². The molecule has 3 saturated heterocycles. The van der Waals surface area contributed by atoms with Gasteiger partial charge in [0.05, 0.1) is 26.0 Å². The van der Waals surface area contributed by atoms with Crippen molar-refractivity contribution in [2.75, 3.05) is 18.9 Å². The summed E-state index contributed by atoms with van der Waals surface area (Å²) in [5, 5.41) is 48.5. The molecular weight excluding hydrogens is 648 g/mol. The Morgan fingerprint density at radius 2 is 1.70 bits per heavy atom. The van der Waals surface area contributed by atoms with Crippen LogP contribution in [0.5, 0.6) is 0 Å². The first-order valence-electron chi connectivity index (χ1n) is 12.3. The Morgan fingerprint density at radius 1 is 1.05 bits per heavy atom. The van der Waals surface area contributed by atoms with Gasteiger partial charge in [-0.1, -0.05) is 11.8 Å². The molecule has 2 aromatic heterocycles. The van der Waals surface area contributed by atoms with Crippen LogP contribution in [-0.2, 0) is 41.5 Å². The first kappa shape index (κ1) is 32.5. The van der Waals surface area contributed by atoms with Gasteiger partial charge in [-0.2, -0.15) is 4.31 Å². The number of nitrogens with two attached hydrogens (primary N) is 1. The molecule has 3 aliphatic rings. The van der Waals surface area contributed by atoms with E-state index in [9.17, 15) is 44.1 Å². The zero-order valence-electron chi connectivity index (χ0n) is 21.6. The van der Waals surface area contributed by atoms with Crippen LogP contribution in [0.1, 0.15) is 19.1 Å². The lowest BCUT2D eigenvalue weighted by molar-refractivity contribution is -0.175. The lowest BCUT2D eigenvalue weighted by Gasteiger charge is -2.25. The number of hydrogen-bond acceptors (Lipinski definition) is 18. The van der Waals surface area contributed by atoms with Gasteiger partial charge in [-0.25, -0.2) is 24.1 Å². The van der Waals surface area contributed by atoms with Crippen molar-refractivity contribution in [3.63, 3.8) is 0 Å². The summed E-state index contributed by atoms with van der Waals surface area (Å²) in [7, 11) is -10.7. The zero-order chi connectivity index (χ0) is 31.3. The molecule has 9 N–H and O–H groups in total. The first-order valence-corrected chi connectivity index (χ1v) is 16.2. The first-order chi connectivity index (χ1) is 20.1. The molecule has 2 aromatic rings. The maximum atomic E-state index is 12.4. The van der Waals surface area contributed by atoms with Gasteiger partial charge in [0.15, 0.2) is 17.7 Å². The molecule has 5 heterocycles. The Bertz CT molecular complexity index is 1450. The Kier molecular flexibility index (Phi) is 9.20. The van der Waals surface area contributed by atoms with Crippen molar-refractivity contribution in [1.29, 1.82) is 0 Å². The highest BCUT2D eigenvalue weighted by Gasteiger charge is 2.57. The summed E-state index contributed by atoms with van der Waals surface area (Å²) in [4.78, 5) is 42.5. The van der Waals surface area contributed by atoms with Crippen LogP contribution >= 0.6 is 27.4 Å². The third-order valence-electron chi connectivity index (χ3n) is 6.58. The summed E-state index contributed by atoms with van der Waals surface area (Å²) in [6.45, 7) is -1.72. The number of aromatic nitrogens is 4. The Labute approximate surface area is 244 Å². The molecule has 43 heavy (non-hydrogen) atoms. The van der Waals surface area contributed by atoms with Gasteiger partial charge in [-0.15, -0.1) is 0 Å². The Balaban J connectivity index is 1.11. The molecule has 0 aromatic carbocycles. The normalized spacial score (nSPS) is 36.9. The molecule has 5 rings (SSSR count). The number of nitrogen functional groups attached to an aromatic ring is 1. The number of phosphoric acid groups is 2. The monoisotopic (exact) mass is 675 g/mol. The van der Waals surface area contributed by atoms with Gasteiger partial charge < -0.3 is 55.3 Å². The molecule has 21 nitrogen and oxygen atoms in total. The second-order valence-corrected chi connectivity index (χ2v) is 14.0. The third-order valence-corrected chi connectivity index (χ3v) is 10.5. The number of phosphoric ester groups is 2. The molecule has 0 aliphatic carbocycles. The molecule has 11 atom stereocenters. The predicted molar refractivity (Wildman–Crippen MR) is 137 cm³/mol. The fourth-order valence-corrected chi connectivity index (χ4v) is 7.92. The number of hydrogen-bond donors (Lipinski definition) is 8. The molecular formula is C19H27N5O16P2S. The smallest absolute Gasteiger partial charge is 0.481 e. The Hall–Kier alpha value is -1.85. The molecule has 240 valence electrons. The van der Waals surface area contributed by atoms with E-state index in [1.54, 1.807) is 0 Å². The number of carboxylic acids is 1. The minimum Gasteiger partial charge on any atom is -0.481 e. The molecule has 0 radical (unpaired) electrons. The molecule has 3 fully saturated rings. The molecule has 0 spiro atoms. The van der Waals surface area contributed by atoms with Gasteiger partial charge in [0.25, 0.3) is 0 Å². The minimum absolute atomic E-state index is 0.0509. The SMILES string of the molecule is Nc1ncnc2c1ncn2[C@@H]1O[C@H](COP(=O)(O)OP(=O)(O)OC[C@H]2O[C@@H]3S[C@@](O)(CCC(=O)O)O[C@@H]3[C@@H]2O)[C@@H](O)[C@H]1O. The summed E-state index contributed by atoms with van der Waals surface area (Å²) in [5.74, 6) is -1.13. The summed E-state index contributed by atoms with van der Waals surface area (Å²) in [6, 6.07) is 0. The van der Waals surface area contributed by atoms with E-state index in [-0.39, 0.29) is 23.4 Å². The van der Waals surface area contributed by atoms with Gasteiger partial charge in [-0.3, -0.25) is 18.4 Å². The van der Waals surface area contributed by atoms with Gasteiger partial charge in [0, 0.05) is 6.42 Å². The number of aliphatic hydroxyl groups is 4. The highest BCUT2D eigenvalue weighted by Crippen LogP contribution is 2.61. The lowest BCUT2D eigenvalue weighted by atomic mass is 10.1. The number of anilines is 1. The van der Waals surface area contributed by atoms with Gasteiger partial charge in [0.2, 0.25) is 5.12 Å². The lowest BCUT2D eigenvalue weighted by Crippen LogP contribution is -2.38. The predicted octanol–water partition coefficient (Wildman–Crippen LogP) is -1.99. The Morgan fingerprint density at radius 3 is 2.33 bits per heavy atom. The molecule has 0 saturated carbocycles. The number of carbonyl (C=O) groups is 1. The molecule has 24 heteroatoms. The van der Waals surface area contributed by atoms with Crippen LogP contribution in [0.15, 0.2) is 12.7 Å². The van der Waals surface area contributed by atoms with E-state index in [0.29, 0.717) is 11.8 Å². The molecule has 0 amide bonds. The number of imidazole rings is 1. The summed E-state index contributed by atoms with van der Waals surface area (Å²) < 4.78 is 55.9. The molecule has 2 unspecified atom stereocenters. The standard InChI is InChI=1S/C19H27N5O16P2S/c20-15-10-16(22-5-21-15)24(6-23-10)17-13(29)11(27)7(37-17)3-35-41(31,32)40-42(33,34)36-4-8-12(28)14-18(38-8)43-19(30,39-14)2-1-9(25)26/h5-8,11-14,17-18,27-30H,1-4H2,(H,25,26)(H,31,32)(H,33,34)(H2,20,21,22)/t7-,8-,11-,12-,13-,14-,17-,18-,19-/m1/s1. The highest BCUT2D eigenvalue weighted by atomic mass is 32.2. The number of nitrogens with zero attached hydrogens (tertiary/aromatic N) is 4. The van der Waals surface area contributed by atoms with Crippen LogP contribution in [0.3, 0.4) is 0 Å². The number of fused-ring (bicyclic) bond motifs is 2. The second kappa shape index (κ2) is 12.2. The van der Waals surface area contributed by atoms with Gasteiger partial charge in [0.1, 0.15) is 53.9 Å². The van der Waals surface area contributed by atoms with Crippen LogP contribution in [0, 0.1) is 0 Å². The quantitative estimate of drug-likeness (QED) is 0.113. The maximum Gasteiger partial charge on any atom is 0.481 e. The highest BCUT2D eigenvalue weighted by molar-refractivity contribution is 8.01. The minimum atomic E-state index is -5.35. The van der Waals surface area contributed by atoms with Crippen molar-refractivity contribution in [2.45, 2.75) is 66.2 Å². The average molecular weight is 675 g/mol. The van der Waals surface area contributed by atoms with Crippen LogP contribution in [0.25, 0.3) is 11.2 Å². The van der Waals surface area contributed by atoms with Crippen molar-refractivity contribution in [2.24, 2.45) is 0 Å². The van der Waals surface area contributed by atoms with E-state index in [1.807, 2.05) is 0 Å². The van der Waals surface area contributed by atoms with Crippen molar-refractivity contribution < 1.29 is 76.8 Å². The number of carboxylic acid groups (broad SMARTS) is 1. The molecule has 3 aliphatic heterocycles. The van der Waals surface area contributed by atoms with E-state index in [2.05, 4.69) is 23.8 Å². The van der Waals surface area contributed by atoms with Gasteiger partial charge in [-0.05, 0) is 0 Å². The van der Waals surface area contributed by atoms with Crippen molar-refractivity contribution in [1.82, 2.24) is 19.5 Å². The zero-order valence-corrected chi connectivity index (χ0v) is 24.2. The number of thioether (sulfide) groups is 1. The molecule has 0 bridgehead atoms. The van der Waals surface area contributed by atoms with E-state index in [0.717, 1.165) is 6.33 Å². The summed E-state index contributed by atoms with van der Waals surface area (Å²) >= 11 is 0.694. The summed E-state index contributed by atoms with van der Waals surface area (Å²) in [5.41, 5.74) is 5.12. The maximum absolute atomic E-state index is 12.4. The second-order valence-electron chi connectivity index (χ2n) is 9.58. The average Bonchev–Trinajstić information content (AvgIpc) is 3.64. The van der Waals surface area contributed by atoms with E-state index in [1.165, 1.54) is 10.9 Å². The van der Waals surface area contributed by atoms with Crippen LogP contribution in [-0.4, -0.2) is 121 Å². The van der Waals surface area contributed by atoms with Gasteiger partial charge >= 0.3 is 21.6 Å². The van der Waals surface area contributed by atoms with Crippen molar-refractivity contribution in [3.05, 3.63) is 12.7 Å². The number of rotatable bonds is 12. The largest absolute Gasteiger partial charge is 0.481 e. The fourth-order valence-electron chi connectivity index (χ4n) is 4.53. The summed E-state index contributed by atoms with van der Waals surface area (Å²) in [6.07, 6.45) is -8.20. The van der Waals surface area contributed by atoms with E-state index in [4.69, 9.17) is 29.6 Å². The number of aliphatic carboxylic acids is 1. The van der Waals surface area contributed by atoms with Crippen LogP contribution in [0.2, 0.25) is 0 Å². The van der Waals surface area contributed by atoms with E-state index >= 15 is 0 Å². The van der Waals surface area contributed by atoms with Crippen LogP contribution in [0.4, 0.5) is 5.82 Å². The van der Waals surface area contributed by atoms with Crippen molar-refractivity contribution >= 4 is 50.4 Å². The van der Waals surface area contributed by atoms with E-state index < -0.39 is 94.7 Å². The van der Waals surface area contributed by atoms with Crippen molar-refractivity contribution in [3.8, 4) is 0 Å². The fraction of sp³-hybridized carbons (Fsp3) is 0.684. The number of ether oxygens (including phenoxy) is 3.